The topological polar surface area (TPSA) is 110 Å². The van der Waals surface area contributed by atoms with Crippen LogP contribution in [0, 0.1) is 11.3 Å². The van der Waals surface area contributed by atoms with Crippen LogP contribution in [0.4, 0.5) is 0 Å². The summed E-state index contributed by atoms with van der Waals surface area (Å²) in [6.07, 6.45) is 6.34. The molecule has 3 N–H and O–H groups in total. The Labute approximate surface area is 132 Å². The molecule has 3 aromatic rings. The van der Waals surface area contributed by atoms with Gasteiger partial charge >= 0.3 is 0 Å². The monoisotopic (exact) mass is 308 g/mol. The highest BCUT2D eigenvalue weighted by Crippen LogP contribution is 2.38. The number of nitriles is 1. The zero-order chi connectivity index (χ0) is 15.8. The third-order valence-corrected chi connectivity index (χ3v) is 4.56. The average Bonchev–Trinajstić information content (AvgIpc) is 3.24. The second kappa shape index (κ2) is 5.39. The molecular formula is C16H16N6O. The van der Waals surface area contributed by atoms with Crippen molar-refractivity contribution in [3.63, 3.8) is 0 Å². The highest BCUT2D eigenvalue weighted by Gasteiger charge is 2.30. The number of H-pyrrole nitrogens is 2. The van der Waals surface area contributed by atoms with Gasteiger partial charge in [-0.2, -0.15) is 10.4 Å². The van der Waals surface area contributed by atoms with Crippen LogP contribution in [0.15, 0.2) is 18.5 Å². The lowest BCUT2D eigenvalue weighted by Gasteiger charge is -2.11. The van der Waals surface area contributed by atoms with Crippen LogP contribution in [0.3, 0.4) is 0 Å². The standard InChI is InChI=1S/C16H16N6O/c17-5-3-13(23)20-10-2-1-9(7-10)15-14-11-4-6-18-16(11)19-8-12(14)21-22-15/h4,6,8-10H,1-3,7H2,(H,18,19)(H,20,23)(H,21,22)/t9-,10+/m0/s1. The van der Waals surface area contributed by atoms with Crippen molar-refractivity contribution in [1.82, 2.24) is 25.5 Å². The molecule has 0 aromatic carbocycles. The van der Waals surface area contributed by atoms with Crippen LogP contribution >= 0.6 is 0 Å². The van der Waals surface area contributed by atoms with Crippen LogP contribution in [0.5, 0.6) is 0 Å². The van der Waals surface area contributed by atoms with Crippen molar-refractivity contribution in [2.45, 2.75) is 37.6 Å². The summed E-state index contributed by atoms with van der Waals surface area (Å²) in [5, 5.41) is 21.3. The van der Waals surface area contributed by atoms with Crippen LogP contribution < -0.4 is 5.32 Å². The Bertz CT molecular complexity index is 918. The Balaban J connectivity index is 1.62. The average molecular weight is 308 g/mol. The lowest BCUT2D eigenvalue weighted by molar-refractivity contribution is -0.120. The molecule has 116 valence electrons. The Morgan fingerprint density at radius 3 is 3.26 bits per heavy atom. The summed E-state index contributed by atoms with van der Waals surface area (Å²) in [5.74, 6) is 0.110. The van der Waals surface area contributed by atoms with E-state index in [9.17, 15) is 4.79 Å². The first-order chi connectivity index (χ1) is 11.3. The molecule has 1 saturated carbocycles. The molecule has 1 amide bonds. The van der Waals surface area contributed by atoms with Gasteiger partial charge in [-0.25, -0.2) is 4.98 Å². The van der Waals surface area contributed by atoms with Crippen molar-refractivity contribution >= 4 is 27.8 Å². The van der Waals surface area contributed by atoms with Crippen LogP contribution in [-0.2, 0) is 4.79 Å². The number of hydrogen-bond donors (Lipinski definition) is 3. The number of nitrogens with zero attached hydrogens (tertiary/aromatic N) is 3. The Hall–Kier alpha value is -2.88. The summed E-state index contributed by atoms with van der Waals surface area (Å²) in [6.45, 7) is 0. The fourth-order valence-electron chi connectivity index (χ4n) is 3.55. The number of carbonyl (C=O) groups excluding carboxylic acids is 1. The van der Waals surface area contributed by atoms with E-state index < -0.39 is 0 Å². The van der Waals surface area contributed by atoms with Gasteiger partial charge in [0.1, 0.15) is 12.1 Å². The predicted octanol–water partition coefficient (Wildman–Crippen LogP) is 2.11. The van der Waals surface area contributed by atoms with Gasteiger partial charge in [0, 0.05) is 28.9 Å². The number of rotatable bonds is 3. The van der Waals surface area contributed by atoms with Crippen LogP contribution in [0.1, 0.15) is 37.3 Å². The minimum absolute atomic E-state index is 0.0812. The van der Waals surface area contributed by atoms with Gasteiger partial charge in [-0.1, -0.05) is 0 Å². The normalized spacial score (nSPS) is 20.8. The number of hydrogen-bond acceptors (Lipinski definition) is 4. The minimum atomic E-state index is -0.192. The summed E-state index contributed by atoms with van der Waals surface area (Å²) >= 11 is 0. The van der Waals surface area contributed by atoms with Gasteiger partial charge in [0.15, 0.2) is 0 Å². The molecule has 0 radical (unpaired) electrons. The summed E-state index contributed by atoms with van der Waals surface area (Å²) in [5.41, 5.74) is 2.84. The molecule has 0 unspecified atom stereocenters. The largest absolute Gasteiger partial charge is 0.352 e. The number of amides is 1. The Morgan fingerprint density at radius 2 is 2.39 bits per heavy atom. The van der Waals surface area contributed by atoms with Crippen molar-refractivity contribution in [1.29, 1.82) is 5.26 Å². The fraction of sp³-hybridized carbons (Fsp3) is 0.375. The molecule has 3 aromatic heterocycles. The lowest BCUT2D eigenvalue weighted by Crippen LogP contribution is -2.32. The number of pyridine rings is 1. The quantitative estimate of drug-likeness (QED) is 0.688. The van der Waals surface area contributed by atoms with E-state index in [0.29, 0.717) is 5.92 Å². The van der Waals surface area contributed by atoms with E-state index in [1.165, 1.54) is 0 Å². The molecule has 7 nitrogen and oxygen atoms in total. The second-order valence-electron chi connectivity index (χ2n) is 6.00. The van der Waals surface area contributed by atoms with Crippen molar-refractivity contribution in [2.24, 2.45) is 0 Å². The molecule has 7 heteroatoms. The molecule has 0 spiro atoms. The molecule has 2 atom stereocenters. The number of fused-ring (bicyclic) bond motifs is 3. The lowest BCUT2D eigenvalue weighted by atomic mass is 9.99. The zero-order valence-electron chi connectivity index (χ0n) is 12.5. The third kappa shape index (κ3) is 2.32. The third-order valence-electron chi connectivity index (χ3n) is 4.56. The van der Waals surface area contributed by atoms with Gasteiger partial charge in [-0.05, 0) is 25.3 Å². The molecule has 4 rings (SSSR count). The smallest absolute Gasteiger partial charge is 0.234 e. The SMILES string of the molecule is N#CCC(=O)N[C@@H]1CC[C@H](c2n[nH]c3cnc4[nH]ccc4c23)C1. The van der Waals surface area contributed by atoms with E-state index in [4.69, 9.17) is 5.26 Å². The highest BCUT2D eigenvalue weighted by molar-refractivity contribution is 6.04. The van der Waals surface area contributed by atoms with E-state index in [-0.39, 0.29) is 18.4 Å². The van der Waals surface area contributed by atoms with E-state index in [0.717, 1.165) is 46.9 Å². The molecule has 1 fully saturated rings. The maximum Gasteiger partial charge on any atom is 0.234 e. The number of carbonyl (C=O) groups is 1. The van der Waals surface area contributed by atoms with E-state index in [1.54, 1.807) is 6.20 Å². The van der Waals surface area contributed by atoms with Crippen molar-refractivity contribution in [3.8, 4) is 6.07 Å². The molecular weight excluding hydrogens is 292 g/mol. The summed E-state index contributed by atoms with van der Waals surface area (Å²) in [4.78, 5) is 19.1. The van der Waals surface area contributed by atoms with Gasteiger partial charge in [0.2, 0.25) is 5.91 Å². The summed E-state index contributed by atoms with van der Waals surface area (Å²) in [7, 11) is 0. The number of aromatic nitrogens is 4. The van der Waals surface area contributed by atoms with Gasteiger partial charge in [-0.15, -0.1) is 0 Å². The molecule has 1 aliphatic rings. The van der Waals surface area contributed by atoms with Crippen molar-refractivity contribution in [2.75, 3.05) is 0 Å². The van der Waals surface area contributed by atoms with E-state index in [1.807, 2.05) is 18.3 Å². The number of aromatic amines is 2. The van der Waals surface area contributed by atoms with Gasteiger partial charge in [0.05, 0.1) is 23.5 Å². The van der Waals surface area contributed by atoms with Gasteiger partial charge < -0.3 is 10.3 Å². The summed E-state index contributed by atoms with van der Waals surface area (Å²) in [6, 6.07) is 4.02. The Kier molecular flexibility index (Phi) is 3.23. The van der Waals surface area contributed by atoms with Gasteiger partial charge in [0.25, 0.3) is 0 Å². The fourth-order valence-corrected chi connectivity index (χ4v) is 3.55. The van der Waals surface area contributed by atoms with Crippen LogP contribution in [-0.4, -0.2) is 32.1 Å². The zero-order valence-corrected chi connectivity index (χ0v) is 12.5. The minimum Gasteiger partial charge on any atom is -0.352 e. The highest BCUT2D eigenvalue weighted by atomic mass is 16.1. The molecule has 0 saturated heterocycles. The van der Waals surface area contributed by atoms with Gasteiger partial charge in [-0.3, -0.25) is 9.89 Å². The first-order valence-electron chi connectivity index (χ1n) is 7.72. The maximum atomic E-state index is 11.6. The Morgan fingerprint density at radius 1 is 1.48 bits per heavy atom. The summed E-state index contributed by atoms with van der Waals surface area (Å²) < 4.78 is 0. The predicted molar refractivity (Wildman–Crippen MR) is 84.5 cm³/mol. The van der Waals surface area contributed by atoms with Crippen LogP contribution in [0.25, 0.3) is 21.9 Å². The van der Waals surface area contributed by atoms with E-state index >= 15 is 0 Å². The van der Waals surface area contributed by atoms with Crippen molar-refractivity contribution < 1.29 is 4.79 Å². The maximum absolute atomic E-state index is 11.6. The molecule has 0 bridgehead atoms. The first kappa shape index (κ1) is 13.8. The van der Waals surface area contributed by atoms with Crippen LogP contribution in [0.2, 0.25) is 0 Å². The number of nitrogens with one attached hydrogen (secondary N) is 3. The molecule has 23 heavy (non-hydrogen) atoms. The van der Waals surface area contributed by atoms with E-state index in [2.05, 4.69) is 25.5 Å². The first-order valence-corrected chi connectivity index (χ1v) is 7.72. The second-order valence-corrected chi connectivity index (χ2v) is 6.00. The molecule has 0 aliphatic heterocycles. The van der Waals surface area contributed by atoms with Crippen molar-refractivity contribution in [3.05, 3.63) is 24.2 Å². The molecule has 3 heterocycles. The molecule has 1 aliphatic carbocycles.